The molecule has 21 heavy (non-hydrogen) atoms. The predicted molar refractivity (Wildman–Crippen MR) is 80.4 cm³/mol. The van der Waals surface area contributed by atoms with Crippen LogP contribution in [0.1, 0.15) is 56.6 Å². The Kier molecular flexibility index (Phi) is 4.27. The SMILES string of the molecule is Cc1nc(CN(C)C(=O)C2CCC3CCCCC3C2)n[nH]1. The van der Waals surface area contributed by atoms with Crippen LogP contribution in [0.25, 0.3) is 0 Å². The third-order valence-corrected chi connectivity index (χ3v) is 5.29. The number of aromatic amines is 1. The van der Waals surface area contributed by atoms with Crippen LogP contribution in [0.15, 0.2) is 0 Å². The van der Waals surface area contributed by atoms with Crippen LogP contribution in [-0.2, 0) is 11.3 Å². The molecule has 2 aliphatic rings. The molecule has 0 radical (unpaired) electrons. The minimum Gasteiger partial charge on any atom is -0.338 e. The Balaban J connectivity index is 1.57. The molecule has 2 fully saturated rings. The molecule has 116 valence electrons. The quantitative estimate of drug-likeness (QED) is 0.931. The normalized spacial score (nSPS) is 29.0. The third-order valence-electron chi connectivity index (χ3n) is 5.29. The van der Waals surface area contributed by atoms with Gasteiger partial charge in [0.15, 0.2) is 5.82 Å². The standard InChI is InChI=1S/C16H26N4O/c1-11-17-15(19-18-11)10-20(2)16(21)14-8-7-12-5-3-4-6-13(12)9-14/h12-14H,3-10H2,1-2H3,(H,17,18,19). The lowest BCUT2D eigenvalue weighted by molar-refractivity contribution is -0.137. The fourth-order valence-corrected chi connectivity index (χ4v) is 4.16. The smallest absolute Gasteiger partial charge is 0.225 e. The van der Waals surface area contributed by atoms with Gasteiger partial charge in [0.1, 0.15) is 5.82 Å². The summed E-state index contributed by atoms with van der Waals surface area (Å²) in [4.78, 5) is 18.7. The summed E-state index contributed by atoms with van der Waals surface area (Å²) >= 11 is 0. The lowest BCUT2D eigenvalue weighted by Gasteiger charge is -2.39. The van der Waals surface area contributed by atoms with Gasteiger partial charge in [0, 0.05) is 13.0 Å². The third kappa shape index (κ3) is 3.27. The highest BCUT2D eigenvalue weighted by molar-refractivity contribution is 5.78. The molecule has 2 saturated carbocycles. The number of hydrogen-bond acceptors (Lipinski definition) is 3. The van der Waals surface area contributed by atoms with Crippen molar-refractivity contribution in [3.8, 4) is 0 Å². The van der Waals surface area contributed by atoms with Gasteiger partial charge < -0.3 is 4.90 Å². The van der Waals surface area contributed by atoms with Crippen molar-refractivity contribution in [1.82, 2.24) is 20.1 Å². The summed E-state index contributed by atoms with van der Waals surface area (Å²) in [5, 5.41) is 6.95. The van der Waals surface area contributed by atoms with Crippen LogP contribution in [0.4, 0.5) is 0 Å². The first-order chi connectivity index (χ1) is 10.1. The Labute approximate surface area is 126 Å². The summed E-state index contributed by atoms with van der Waals surface area (Å²) in [7, 11) is 1.88. The Bertz CT molecular complexity index is 498. The van der Waals surface area contributed by atoms with Crippen LogP contribution in [0.5, 0.6) is 0 Å². The molecule has 3 unspecified atom stereocenters. The Hall–Kier alpha value is -1.39. The maximum atomic E-state index is 12.6. The summed E-state index contributed by atoms with van der Waals surface area (Å²) in [5.74, 6) is 3.68. The van der Waals surface area contributed by atoms with Crippen LogP contribution < -0.4 is 0 Å². The molecule has 1 amide bonds. The fraction of sp³-hybridized carbons (Fsp3) is 0.812. The molecule has 0 aromatic carbocycles. The van der Waals surface area contributed by atoms with Crippen molar-refractivity contribution in [1.29, 1.82) is 0 Å². The van der Waals surface area contributed by atoms with Crippen LogP contribution in [-0.4, -0.2) is 33.0 Å². The highest BCUT2D eigenvalue weighted by Gasteiger charge is 2.36. The number of carbonyl (C=O) groups excluding carboxylic acids is 1. The molecule has 0 bridgehead atoms. The zero-order valence-corrected chi connectivity index (χ0v) is 13.1. The van der Waals surface area contributed by atoms with E-state index in [9.17, 15) is 4.79 Å². The van der Waals surface area contributed by atoms with Gasteiger partial charge in [-0.3, -0.25) is 9.89 Å². The van der Waals surface area contributed by atoms with E-state index in [1.54, 1.807) is 4.90 Å². The topological polar surface area (TPSA) is 61.9 Å². The predicted octanol–water partition coefficient (Wildman–Crippen LogP) is 2.68. The number of rotatable bonds is 3. The van der Waals surface area contributed by atoms with Crippen molar-refractivity contribution in [2.45, 2.75) is 58.4 Å². The Morgan fingerprint density at radius 1 is 1.24 bits per heavy atom. The second kappa shape index (κ2) is 6.16. The van der Waals surface area contributed by atoms with Crippen molar-refractivity contribution < 1.29 is 4.79 Å². The van der Waals surface area contributed by atoms with E-state index in [4.69, 9.17) is 0 Å². The summed E-state index contributed by atoms with van der Waals surface area (Å²) in [6, 6.07) is 0. The zero-order chi connectivity index (χ0) is 14.8. The van der Waals surface area contributed by atoms with E-state index in [0.717, 1.165) is 30.5 Å². The Morgan fingerprint density at radius 2 is 2.00 bits per heavy atom. The molecule has 0 aliphatic heterocycles. The lowest BCUT2D eigenvalue weighted by atomic mass is 9.67. The number of carbonyl (C=O) groups is 1. The second-order valence-corrected chi connectivity index (χ2v) is 6.85. The highest BCUT2D eigenvalue weighted by Crippen LogP contribution is 2.43. The van der Waals surface area contributed by atoms with E-state index in [1.807, 2.05) is 14.0 Å². The molecule has 1 aromatic heterocycles. The van der Waals surface area contributed by atoms with Gasteiger partial charge in [0.05, 0.1) is 6.54 Å². The molecule has 0 saturated heterocycles. The van der Waals surface area contributed by atoms with Gasteiger partial charge in [-0.1, -0.05) is 25.7 Å². The van der Waals surface area contributed by atoms with Crippen molar-refractivity contribution >= 4 is 5.91 Å². The Morgan fingerprint density at radius 3 is 2.71 bits per heavy atom. The molecule has 5 nitrogen and oxygen atoms in total. The minimum absolute atomic E-state index is 0.217. The highest BCUT2D eigenvalue weighted by atomic mass is 16.2. The number of nitrogens with zero attached hydrogens (tertiary/aromatic N) is 3. The molecule has 2 aliphatic carbocycles. The van der Waals surface area contributed by atoms with Crippen LogP contribution in [0.3, 0.4) is 0 Å². The summed E-state index contributed by atoms with van der Waals surface area (Å²) in [5.41, 5.74) is 0. The molecule has 1 heterocycles. The van der Waals surface area contributed by atoms with Gasteiger partial charge in [0.25, 0.3) is 0 Å². The first kappa shape index (κ1) is 14.5. The monoisotopic (exact) mass is 290 g/mol. The van der Waals surface area contributed by atoms with Crippen molar-refractivity contribution in [3.05, 3.63) is 11.6 Å². The number of hydrogen-bond donors (Lipinski definition) is 1. The summed E-state index contributed by atoms with van der Waals surface area (Å²) in [6.45, 7) is 2.39. The number of H-pyrrole nitrogens is 1. The first-order valence-corrected chi connectivity index (χ1v) is 8.26. The zero-order valence-electron chi connectivity index (χ0n) is 13.1. The van der Waals surface area contributed by atoms with E-state index < -0.39 is 0 Å². The van der Waals surface area contributed by atoms with E-state index in [-0.39, 0.29) is 11.8 Å². The van der Waals surface area contributed by atoms with Crippen molar-refractivity contribution in [2.75, 3.05) is 7.05 Å². The van der Waals surface area contributed by atoms with Gasteiger partial charge in [-0.2, -0.15) is 5.10 Å². The summed E-state index contributed by atoms with van der Waals surface area (Å²) < 4.78 is 0. The van der Waals surface area contributed by atoms with E-state index in [2.05, 4.69) is 15.2 Å². The number of aromatic nitrogens is 3. The van der Waals surface area contributed by atoms with E-state index >= 15 is 0 Å². The molecule has 1 N–H and O–H groups in total. The minimum atomic E-state index is 0.217. The molecule has 0 spiro atoms. The van der Waals surface area contributed by atoms with Crippen LogP contribution in [0.2, 0.25) is 0 Å². The maximum Gasteiger partial charge on any atom is 0.225 e. The van der Waals surface area contributed by atoms with Crippen molar-refractivity contribution in [3.63, 3.8) is 0 Å². The largest absolute Gasteiger partial charge is 0.338 e. The molecule has 5 heteroatoms. The lowest BCUT2D eigenvalue weighted by Crippen LogP contribution is -2.38. The maximum absolute atomic E-state index is 12.6. The number of aryl methyl sites for hydroxylation is 1. The summed E-state index contributed by atoms with van der Waals surface area (Å²) in [6.07, 6.45) is 8.88. The average Bonchev–Trinajstić information content (AvgIpc) is 2.91. The van der Waals surface area contributed by atoms with E-state index in [0.29, 0.717) is 12.4 Å². The molecular weight excluding hydrogens is 264 g/mol. The van der Waals surface area contributed by atoms with Crippen LogP contribution in [0, 0.1) is 24.7 Å². The second-order valence-electron chi connectivity index (χ2n) is 6.85. The average molecular weight is 290 g/mol. The molecular formula is C16H26N4O. The number of fused-ring (bicyclic) bond motifs is 1. The van der Waals surface area contributed by atoms with Crippen LogP contribution >= 0.6 is 0 Å². The molecule has 3 rings (SSSR count). The van der Waals surface area contributed by atoms with Gasteiger partial charge in [-0.15, -0.1) is 0 Å². The molecule has 1 aromatic rings. The van der Waals surface area contributed by atoms with Gasteiger partial charge in [0.2, 0.25) is 5.91 Å². The number of nitrogens with one attached hydrogen (secondary N) is 1. The first-order valence-electron chi connectivity index (χ1n) is 8.26. The molecule has 3 atom stereocenters. The van der Waals surface area contributed by atoms with Gasteiger partial charge >= 0.3 is 0 Å². The number of amides is 1. The fourth-order valence-electron chi connectivity index (χ4n) is 4.16. The van der Waals surface area contributed by atoms with Gasteiger partial charge in [-0.05, 0) is 38.0 Å². The van der Waals surface area contributed by atoms with Gasteiger partial charge in [-0.25, -0.2) is 4.98 Å². The van der Waals surface area contributed by atoms with Crippen molar-refractivity contribution in [2.24, 2.45) is 17.8 Å². The van der Waals surface area contributed by atoms with E-state index in [1.165, 1.54) is 32.1 Å².